The molecule has 2 rings (SSSR count). The van der Waals surface area contributed by atoms with Gasteiger partial charge in [-0.05, 0) is 56.9 Å². The molecule has 0 saturated heterocycles. The Labute approximate surface area is 177 Å². The van der Waals surface area contributed by atoms with Crippen LogP contribution in [0.2, 0.25) is 0 Å². The standard InChI is InChI=1S/C22H31N5O3/c1-14(2)11-13-30-22(29)27-19-10-12-23-21(26-19)25-16(5)17-6-8-18(9-7-17)20(28)24-15(3)4/h6-10,12,14-16H,11,13H2,1-5H3,(H,24,28)(H2,23,25,26,27,29). The lowest BCUT2D eigenvalue weighted by Gasteiger charge is -2.15. The fourth-order valence-electron chi connectivity index (χ4n) is 2.57. The Bertz CT molecular complexity index is 837. The molecule has 30 heavy (non-hydrogen) atoms. The molecule has 0 saturated carbocycles. The molecule has 2 aromatic rings. The summed E-state index contributed by atoms with van der Waals surface area (Å²) < 4.78 is 5.14. The van der Waals surface area contributed by atoms with Gasteiger partial charge >= 0.3 is 6.09 Å². The lowest BCUT2D eigenvalue weighted by molar-refractivity contribution is 0.0943. The number of aromatic nitrogens is 2. The molecule has 0 radical (unpaired) electrons. The van der Waals surface area contributed by atoms with Gasteiger partial charge in [0, 0.05) is 17.8 Å². The van der Waals surface area contributed by atoms with Crippen LogP contribution in [-0.4, -0.2) is 34.6 Å². The first-order valence-corrected chi connectivity index (χ1v) is 10.2. The van der Waals surface area contributed by atoms with Gasteiger partial charge in [-0.2, -0.15) is 4.98 Å². The van der Waals surface area contributed by atoms with E-state index in [1.807, 2.05) is 32.9 Å². The summed E-state index contributed by atoms with van der Waals surface area (Å²) in [6, 6.07) is 8.95. The fraction of sp³-hybridized carbons (Fsp3) is 0.455. The van der Waals surface area contributed by atoms with Crippen molar-refractivity contribution in [1.82, 2.24) is 15.3 Å². The molecule has 8 heteroatoms. The average molecular weight is 414 g/mol. The topological polar surface area (TPSA) is 105 Å². The first-order valence-electron chi connectivity index (χ1n) is 10.2. The molecule has 0 bridgehead atoms. The van der Waals surface area contributed by atoms with Crippen molar-refractivity contribution in [3.8, 4) is 0 Å². The normalized spacial score (nSPS) is 11.8. The van der Waals surface area contributed by atoms with Gasteiger partial charge in [-0.25, -0.2) is 9.78 Å². The van der Waals surface area contributed by atoms with Gasteiger partial charge in [0.15, 0.2) is 0 Å². The molecule has 8 nitrogen and oxygen atoms in total. The summed E-state index contributed by atoms with van der Waals surface area (Å²) >= 11 is 0. The second-order valence-corrected chi connectivity index (χ2v) is 7.83. The number of anilines is 2. The number of hydrogen-bond acceptors (Lipinski definition) is 6. The van der Waals surface area contributed by atoms with E-state index < -0.39 is 6.09 Å². The molecule has 162 valence electrons. The van der Waals surface area contributed by atoms with Gasteiger partial charge in [0.25, 0.3) is 5.91 Å². The maximum absolute atomic E-state index is 12.1. The highest BCUT2D eigenvalue weighted by Gasteiger charge is 2.11. The number of nitrogens with one attached hydrogen (secondary N) is 3. The van der Waals surface area contributed by atoms with Gasteiger partial charge in [0.2, 0.25) is 5.95 Å². The number of hydrogen-bond donors (Lipinski definition) is 3. The molecule has 0 spiro atoms. The van der Waals surface area contributed by atoms with Crippen LogP contribution < -0.4 is 16.0 Å². The minimum absolute atomic E-state index is 0.0864. The van der Waals surface area contributed by atoms with Crippen LogP contribution in [0, 0.1) is 5.92 Å². The van der Waals surface area contributed by atoms with Crippen LogP contribution in [0.3, 0.4) is 0 Å². The predicted octanol–water partition coefficient (Wildman–Crippen LogP) is 4.38. The second kappa shape index (κ2) is 11.1. The number of benzene rings is 1. The number of carbonyl (C=O) groups excluding carboxylic acids is 2. The van der Waals surface area contributed by atoms with E-state index in [0.717, 1.165) is 12.0 Å². The molecule has 0 aliphatic rings. The van der Waals surface area contributed by atoms with Crippen LogP contribution in [0.1, 0.15) is 63.0 Å². The van der Waals surface area contributed by atoms with Crippen LogP contribution in [0.25, 0.3) is 0 Å². The summed E-state index contributed by atoms with van der Waals surface area (Å²) in [7, 11) is 0. The van der Waals surface area contributed by atoms with E-state index in [1.54, 1.807) is 24.4 Å². The summed E-state index contributed by atoms with van der Waals surface area (Å²) in [5, 5.41) is 8.67. The molecule has 1 aromatic heterocycles. The Balaban J connectivity index is 1.93. The molecule has 1 aromatic carbocycles. The third kappa shape index (κ3) is 7.69. The third-order valence-corrected chi connectivity index (χ3v) is 4.25. The fourth-order valence-corrected chi connectivity index (χ4v) is 2.57. The summed E-state index contributed by atoms with van der Waals surface area (Å²) in [6.45, 7) is 10.3. The lowest BCUT2D eigenvalue weighted by Crippen LogP contribution is -2.30. The molecule has 3 N–H and O–H groups in total. The average Bonchev–Trinajstić information content (AvgIpc) is 2.67. The van der Waals surface area contributed by atoms with E-state index in [0.29, 0.717) is 29.9 Å². The number of nitrogens with zero attached hydrogens (tertiary/aromatic N) is 2. The Morgan fingerprint density at radius 2 is 1.73 bits per heavy atom. The van der Waals surface area contributed by atoms with Gasteiger partial charge in [0.05, 0.1) is 12.6 Å². The SMILES string of the molecule is CC(C)CCOC(=O)Nc1ccnc(NC(C)c2ccc(C(=O)NC(C)C)cc2)n1. The van der Waals surface area contributed by atoms with Gasteiger partial charge < -0.3 is 15.4 Å². The van der Waals surface area contributed by atoms with E-state index in [1.165, 1.54) is 0 Å². The van der Waals surface area contributed by atoms with Crippen LogP contribution in [0.15, 0.2) is 36.5 Å². The molecule has 0 aliphatic heterocycles. The summed E-state index contributed by atoms with van der Waals surface area (Å²) in [5.41, 5.74) is 1.59. The Morgan fingerprint density at radius 3 is 2.37 bits per heavy atom. The summed E-state index contributed by atoms with van der Waals surface area (Å²) in [5.74, 6) is 1.10. The van der Waals surface area contributed by atoms with Crippen molar-refractivity contribution < 1.29 is 14.3 Å². The van der Waals surface area contributed by atoms with E-state index in [2.05, 4.69) is 39.8 Å². The smallest absolute Gasteiger partial charge is 0.412 e. The quantitative estimate of drug-likeness (QED) is 0.563. The predicted molar refractivity (Wildman–Crippen MR) is 118 cm³/mol. The van der Waals surface area contributed by atoms with Crippen molar-refractivity contribution in [3.63, 3.8) is 0 Å². The van der Waals surface area contributed by atoms with Crippen molar-refractivity contribution in [3.05, 3.63) is 47.7 Å². The molecule has 2 amide bonds. The van der Waals surface area contributed by atoms with E-state index >= 15 is 0 Å². The van der Waals surface area contributed by atoms with Crippen LogP contribution in [0.4, 0.5) is 16.6 Å². The minimum atomic E-state index is -0.538. The second-order valence-electron chi connectivity index (χ2n) is 7.83. The zero-order valence-electron chi connectivity index (χ0n) is 18.2. The Morgan fingerprint density at radius 1 is 1.03 bits per heavy atom. The van der Waals surface area contributed by atoms with E-state index in [-0.39, 0.29) is 18.0 Å². The first kappa shape index (κ1) is 23.1. The zero-order chi connectivity index (χ0) is 22.1. The molecule has 0 aliphatic carbocycles. The van der Waals surface area contributed by atoms with Crippen LogP contribution in [0.5, 0.6) is 0 Å². The van der Waals surface area contributed by atoms with Crippen LogP contribution in [-0.2, 0) is 4.74 Å². The molecular formula is C22H31N5O3. The number of carbonyl (C=O) groups is 2. The van der Waals surface area contributed by atoms with Gasteiger partial charge in [-0.3, -0.25) is 10.1 Å². The maximum Gasteiger partial charge on any atom is 0.412 e. The van der Waals surface area contributed by atoms with Gasteiger partial charge in [0.1, 0.15) is 5.82 Å². The monoisotopic (exact) mass is 413 g/mol. The number of rotatable bonds is 9. The van der Waals surface area contributed by atoms with Crippen LogP contribution >= 0.6 is 0 Å². The zero-order valence-corrected chi connectivity index (χ0v) is 18.2. The molecule has 1 unspecified atom stereocenters. The highest BCUT2D eigenvalue weighted by atomic mass is 16.5. The highest BCUT2D eigenvalue weighted by Crippen LogP contribution is 2.18. The van der Waals surface area contributed by atoms with E-state index in [9.17, 15) is 9.59 Å². The summed E-state index contributed by atoms with van der Waals surface area (Å²) in [4.78, 5) is 32.4. The van der Waals surface area contributed by atoms with Crippen molar-refractivity contribution in [2.75, 3.05) is 17.2 Å². The first-order chi connectivity index (χ1) is 14.2. The van der Waals surface area contributed by atoms with Gasteiger partial charge in [-0.1, -0.05) is 26.0 Å². The maximum atomic E-state index is 12.1. The summed E-state index contributed by atoms with van der Waals surface area (Å²) in [6.07, 6.45) is 1.83. The van der Waals surface area contributed by atoms with Crippen molar-refractivity contribution in [1.29, 1.82) is 0 Å². The van der Waals surface area contributed by atoms with E-state index in [4.69, 9.17) is 4.74 Å². The largest absolute Gasteiger partial charge is 0.449 e. The Hall–Kier alpha value is -3.16. The molecule has 1 atom stereocenters. The van der Waals surface area contributed by atoms with Gasteiger partial charge in [-0.15, -0.1) is 0 Å². The molecule has 0 fully saturated rings. The number of amides is 2. The molecule has 1 heterocycles. The highest BCUT2D eigenvalue weighted by molar-refractivity contribution is 5.94. The minimum Gasteiger partial charge on any atom is -0.449 e. The lowest BCUT2D eigenvalue weighted by atomic mass is 10.1. The van der Waals surface area contributed by atoms with Crippen molar-refractivity contribution in [2.24, 2.45) is 5.92 Å². The van der Waals surface area contributed by atoms with Crippen molar-refractivity contribution in [2.45, 2.75) is 53.1 Å². The Kier molecular flexibility index (Phi) is 8.58. The number of ether oxygens (including phenoxy) is 1. The molecular weight excluding hydrogens is 382 g/mol. The van der Waals surface area contributed by atoms with Crippen molar-refractivity contribution >= 4 is 23.8 Å². The third-order valence-electron chi connectivity index (χ3n) is 4.25.